The Kier molecular flexibility index (Phi) is 7.24. The van der Waals surface area contributed by atoms with Gasteiger partial charge >= 0.3 is 0 Å². The summed E-state index contributed by atoms with van der Waals surface area (Å²) in [4.78, 5) is 17.6. The second-order valence-corrected chi connectivity index (χ2v) is 10.4. The summed E-state index contributed by atoms with van der Waals surface area (Å²) in [7, 11) is 0. The van der Waals surface area contributed by atoms with Crippen LogP contribution in [0.1, 0.15) is 25.3 Å². The van der Waals surface area contributed by atoms with Crippen molar-refractivity contribution in [3.63, 3.8) is 0 Å². The van der Waals surface area contributed by atoms with Crippen LogP contribution in [-0.2, 0) is 9.53 Å². The average Bonchev–Trinajstić information content (AvgIpc) is 3.56. The molecule has 0 radical (unpaired) electrons. The molecule has 2 aliphatic heterocycles. The highest BCUT2D eigenvalue weighted by Gasteiger charge is 2.25. The summed E-state index contributed by atoms with van der Waals surface area (Å²) in [6.07, 6.45) is 2.32. The summed E-state index contributed by atoms with van der Waals surface area (Å²) < 4.78 is 7.51. The van der Waals surface area contributed by atoms with E-state index < -0.39 is 0 Å². The van der Waals surface area contributed by atoms with Crippen molar-refractivity contribution in [1.29, 1.82) is 0 Å². The number of morpholine rings is 1. The minimum atomic E-state index is -0.339. The highest BCUT2D eigenvalue weighted by molar-refractivity contribution is 8.00. The summed E-state index contributed by atoms with van der Waals surface area (Å²) in [6.45, 7) is 9.22. The fourth-order valence-corrected chi connectivity index (χ4v) is 5.28. The van der Waals surface area contributed by atoms with E-state index in [-0.39, 0.29) is 11.2 Å². The van der Waals surface area contributed by atoms with E-state index in [1.165, 1.54) is 17.3 Å². The van der Waals surface area contributed by atoms with Gasteiger partial charge in [-0.2, -0.15) is 0 Å². The Bertz CT molecular complexity index is 1140. The molecule has 1 atom stereocenters. The van der Waals surface area contributed by atoms with Crippen molar-refractivity contribution in [2.75, 3.05) is 54.5 Å². The normalized spacial score (nSPS) is 17.0. The van der Waals surface area contributed by atoms with Crippen molar-refractivity contribution in [2.45, 2.75) is 37.1 Å². The maximum Gasteiger partial charge on any atom is 0.237 e. The van der Waals surface area contributed by atoms with Crippen molar-refractivity contribution in [1.82, 2.24) is 14.8 Å². The van der Waals surface area contributed by atoms with Crippen LogP contribution in [0.2, 0.25) is 0 Å². The van der Waals surface area contributed by atoms with Gasteiger partial charge < -0.3 is 19.9 Å². The maximum absolute atomic E-state index is 13.0. The Morgan fingerprint density at radius 2 is 1.57 bits per heavy atom. The SMILES string of the molecule is Cc1ccc(-n2c(S[C@H](C)C(=O)Nc3ccc(N4CCOCC4)cc3)nnc2N2CCCC2)cc1. The molecule has 0 spiro atoms. The molecule has 2 aromatic carbocycles. The van der Waals surface area contributed by atoms with Crippen LogP contribution in [0.25, 0.3) is 5.69 Å². The first kappa shape index (κ1) is 23.7. The maximum atomic E-state index is 13.0. The van der Waals surface area contributed by atoms with Crippen molar-refractivity contribution >= 4 is 35.0 Å². The molecule has 3 heterocycles. The lowest BCUT2D eigenvalue weighted by atomic mass is 10.2. The van der Waals surface area contributed by atoms with Gasteiger partial charge in [0.25, 0.3) is 0 Å². The van der Waals surface area contributed by atoms with E-state index >= 15 is 0 Å². The second-order valence-electron chi connectivity index (χ2n) is 9.04. The highest BCUT2D eigenvalue weighted by Crippen LogP contribution is 2.31. The van der Waals surface area contributed by atoms with Crippen LogP contribution in [0.3, 0.4) is 0 Å². The summed E-state index contributed by atoms with van der Waals surface area (Å²) >= 11 is 1.43. The van der Waals surface area contributed by atoms with Crippen LogP contribution in [-0.4, -0.2) is 65.3 Å². The first-order valence-electron chi connectivity index (χ1n) is 12.3. The molecule has 3 aromatic rings. The number of hydrogen-bond donors (Lipinski definition) is 1. The zero-order valence-corrected chi connectivity index (χ0v) is 21.1. The summed E-state index contributed by atoms with van der Waals surface area (Å²) in [5.41, 5.74) is 4.15. The topological polar surface area (TPSA) is 75.5 Å². The predicted octanol–water partition coefficient (Wildman–Crippen LogP) is 4.13. The largest absolute Gasteiger partial charge is 0.378 e. The number of anilines is 3. The molecule has 0 bridgehead atoms. The molecule has 0 unspecified atom stereocenters. The molecule has 5 rings (SSSR count). The zero-order chi connectivity index (χ0) is 24.2. The van der Waals surface area contributed by atoms with E-state index in [2.05, 4.69) is 73.2 Å². The molecular weight excluding hydrogens is 460 g/mol. The van der Waals surface area contributed by atoms with E-state index in [1.54, 1.807) is 0 Å². The molecule has 35 heavy (non-hydrogen) atoms. The van der Waals surface area contributed by atoms with Gasteiger partial charge in [0.1, 0.15) is 0 Å². The first-order valence-corrected chi connectivity index (χ1v) is 13.1. The van der Waals surface area contributed by atoms with Crippen molar-refractivity contribution in [3.05, 3.63) is 54.1 Å². The van der Waals surface area contributed by atoms with Crippen molar-refractivity contribution in [3.8, 4) is 5.69 Å². The van der Waals surface area contributed by atoms with Gasteiger partial charge in [-0.15, -0.1) is 10.2 Å². The molecular formula is C26H32N6O2S. The van der Waals surface area contributed by atoms with Crippen LogP contribution >= 0.6 is 11.8 Å². The number of nitrogens with zero attached hydrogens (tertiary/aromatic N) is 5. The Balaban J connectivity index is 1.29. The molecule has 9 heteroatoms. The van der Waals surface area contributed by atoms with Gasteiger partial charge in [0, 0.05) is 37.6 Å². The quantitative estimate of drug-likeness (QED) is 0.497. The van der Waals surface area contributed by atoms with Gasteiger partial charge in [-0.25, -0.2) is 0 Å². The van der Waals surface area contributed by atoms with E-state index in [9.17, 15) is 4.79 Å². The lowest BCUT2D eigenvalue weighted by molar-refractivity contribution is -0.115. The fourth-order valence-electron chi connectivity index (χ4n) is 4.41. The number of ether oxygens (including phenoxy) is 1. The van der Waals surface area contributed by atoms with Gasteiger partial charge in [-0.3, -0.25) is 9.36 Å². The lowest BCUT2D eigenvalue weighted by Gasteiger charge is -2.28. The van der Waals surface area contributed by atoms with Crippen molar-refractivity contribution < 1.29 is 9.53 Å². The third kappa shape index (κ3) is 5.46. The zero-order valence-electron chi connectivity index (χ0n) is 20.3. The minimum absolute atomic E-state index is 0.0599. The standard InChI is InChI=1S/C26H32N6O2S/c1-19-5-9-23(10-6-19)32-25(31-13-3-4-14-31)28-29-26(32)35-20(2)24(33)27-21-7-11-22(12-8-21)30-15-17-34-18-16-30/h5-12,20H,3-4,13-18H2,1-2H3,(H,27,33)/t20-/m1/s1. The van der Waals surface area contributed by atoms with E-state index in [0.29, 0.717) is 0 Å². The predicted molar refractivity (Wildman–Crippen MR) is 141 cm³/mol. The van der Waals surface area contributed by atoms with Crippen LogP contribution in [0, 0.1) is 6.92 Å². The molecule has 184 valence electrons. The van der Waals surface area contributed by atoms with Crippen LogP contribution in [0.5, 0.6) is 0 Å². The van der Waals surface area contributed by atoms with Crippen molar-refractivity contribution in [2.24, 2.45) is 0 Å². The van der Waals surface area contributed by atoms with Crippen LogP contribution in [0.4, 0.5) is 17.3 Å². The van der Waals surface area contributed by atoms with Gasteiger partial charge in [0.05, 0.1) is 24.2 Å². The smallest absolute Gasteiger partial charge is 0.237 e. The summed E-state index contributed by atoms with van der Waals surface area (Å²) in [5.74, 6) is 0.787. The molecule has 1 aromatic heterocycles. The number of aromatic nitrogens is 3. The van der Waals surface area contributed by atoms with Gasteiger partial charge in [0.15, 0.2) is 5.16 Å². The molecule has 0 aliphatic carbocycles. The third-order valence-corrected chi connectivity index (χ3v) is 7.50. The molecule has 2 saturated heterocycles. The monoisotopic (exact) mass is 492 g/mol. The Hall–Kier alpha value is -3.04. The third-order valence-electron chi connectivity index (χ3n) is 6.46. The lowest BCUT2D eigenvalue weighted by Crippen LogP contribution is -2.36. The number of amides is 1. The fraction of sp³-hybridized carbons (Fsp3) is 0.423. The second kappa shape index (κ2) is 10.7. The number of thioether (sulfide) groups is 1. The number of rotatable bonds is 7. The van der Waals surface area contributed by atoms with E-state index in [1.807, 2.05) is 19.1 Å². The van der Waals surface area contributed by atoms with Gasteiger partial charge in [0.2, 0.25) is 11.9 Å². The number of aryl methyl sites for hydroxylation is 1. The Morgan fingerprint density at radius 1 is 0.914 bits per heavy atom. The molecule has 2 aliphatic rings. The summed E-state index contributed by atoms with van der Waals surface area (Å²) in [6, 6.07) is 16.4. The van der Waals surface area contributed by atoms with Crippen LogP contribution in [0.15, 0.2) is 53.7 Å². The molecule has 8 nitrogen and oxygen atoms in total. The van der Waals surface area contributed by atoms with Gasteiger partial charge in [-0.05, 0) is 63.1 Å². The molecule has 1 N–H and O–H groups in total. The minimum Gasteiger partial charge on any atom is -0.378 e. The molecule has 0 saturated carbocycles. The number of benzene rings is 2. The van der Waals surface area contributed by atoms with E-state index in [4.69, 9.17) is 4.74 Å². The number of carbonyl (C=O) groups excluding carboxylic acids is 1. The highest BCUT2D eigenvalue weighted by atomic mass is 32.2. The average molecular weight is 493 g/mol. The van der Waals surface area contributed by atoms with Gasteiger partial charge in [-0.1, -0.05) is 29.5 Å². The number of carbonyl (C=O) groups is 1. The number of hydrogen-bond acceptors (Lipinski definition) is 7. The Morgan fingerprint density at radius 3 is 2.26 bits per heavy atom. The molecule has 1 amide bonds. The Labute approximate surface area is 210 Å². The number of nitrogens with one attached hydrogen (secondary N) is 1. The van der Waals surface area contributed by atoms with Crippen LogP contribution < -0.4 is 15.1 Å². The summed E-state index contributed by atoms with van der Waals surface area (Å²) in [5, 5.41) is 12.4. The first-order chi connectivity index (χ1) is 17.1. The van der Waals surface area contributed by atoms with E-state index in [0.717, 1.165) is 80.4 Å². The molecule has 2 fully saturated rings.